The van der Waals surface area contributed by atoms with Crippen LogP contribution in [0.3, 0.4) is 0 Å². The summed E-state index contributed by atoms with van der Waals surface area (Å²) in [6.07, 6.45) is 8.03. The Hall–Kier alpha value is -2.34. The summed E-state index contributed by atoms with van der Waals surface area (Å²) < 4.78 is 0. The lowest BCUT2D eigenvalue weighted by molar-refractivity contribution is -0.123. The number of hydrogen-bond donors (Lipinski definition) is 0. The van der Waals surface area contributed by atoms with Crippen LogP contribution in [-0.4, -0.2) is 35.1 Å². The van der Waals surface area contributed by atoms with Gasteiger partial charge in [0.2, 0.25) is 5.13 Å². The number of aromatic nitrogens is 3. The molecule has 4 rings (SSSR count). The van der Waals surface area contributed by atoms with Crippen LogP contribution in [0.5, 0.6) is 0 Å². The molecule has 0 saturated heterocycles. The fraction of sp³-hybridized carbons (Fsp3) is 0.429. The maximum atomic E-state index is 12.6. The highest BCUT2D eigenvalue weighted by Crippen LogP contribution is 2.30. The van der Waals surface area contributed by atoms with Crippen molar-refractivity contribution in [3.05, 3.63) is 36.2 Å². The molecule has 0 radical (unpaired) electrons. The van der Waals surface area contributed by atoms with E-state index in [0.717, 1.165) is 45.0 Å². The van der Waals surface area contributed by atoms with Crippen LogP contribution in [0.25, 0.3) is 21.3 Å². The minimum atomic E-state index is 0.230. The second kappa shape index (κ2) is 7.72. The molecule has 3 aromatic rings. The van der Waals surface area contributed by atoms with Gasteiger partial charge in [0.15, 0.2) is 0 Å². The molecule has 2 heterocycles. The van der Waals surface area contributed by atoms with Crippen molar-refractivity contribution in [2.45, 2.75) is 38.5 Å². The second-order valence-corrected chi connectivity index (χ2v) is 8.46. The summed E-state index contributed by atoms with van der Waals surface area (Å²) in [4.78, 5) is 19.1. The van der Waals surface area contributed by atoms with E-state index < -0.39 is 0 Å². The predicted molar refractivity (Wildman–Crippen MR) is 110 cm³/mol. The number of nitrogens with zero attached hydrogens (tertiary/aromatic N) is 4. The van der Waals surface area contributed by atoms with Crippen molar-refractivity contribution < 1.29 is 4.79 Å². The van der Waals surface area contributed by atoms with Gasteiger partial charge >= 0.3 is 0 Å². The lowest BCUT2D eigenvalue weighted by atomic mass is 9.85. The zero-order valence-electron chi connectivity index (χ0n) is 15.8. The average Bonchev–Trinajstić information content (AvgIpc) is 3.19. The van der Waals surface area contributed by atoms with Gasteiger partial charge in [-0.2, -0.15) is 0 Å². The Morgan fingerprint density at radius 2 is 1.93 bits per heavy atom. The van der Waals surface area contributed by atoms with Gasteiger partial charge in [0.25, 0.3) is 0 Å². The Morgan fingerprint density at radius 1 is 1.11 bits per heavy atom. The zero-order chi connectivity index (χ0) is 18.8. The molecular formula is C21H24N4OS. The maximum absolute atomic E-state index is 12.6. The molecule has 0 bridgehead atoms. The third kappa shape index (κ3) is 4.00. The largest absolute Gasteiger partial charge is 0.353 e. The highest BCUT2D eigenvalue weighted by Gasteiger charge is 2.21. The molecule has 0 unspecified atom stereocenters. The predicted octanol–water partition coefficient (Wildman–Crippen LogP) is 4.51. The molecule has 5 nitrogen and oxygen atoms in total. The zero-order valence-corrected chi connectivity index (χ0v) is 16.6. The highest BCUT2D eigenvalue weighted by atomic mass is 32.1. The van der Waals surface area contributed by atoms with E-state index in [4.69, 9.17) is 0 Å². The lowest BCUT2D eigenvalue weighted by Crippen LogP contribution is -2.19. The molecular weight excluding hydrogens is 356 g/mol. The number of ketones is 1. The van der Waals surface area contributed by atoms with Crippen molar-refractivity contribution in [1.29, 1.82) is 0 Å². The molecule has 0 spiro atoms. The average molecular weight is 381 g/mol. The maximum Gasteiger partial charge on any atom is 0.208 e. The first-order chi connectivity index (χ1) is 13.1. The topological polar surface area (TPSA) is 59.0 Å². The lowest BCUT2D eigenvalue weighted by Gasteiger charge is -2.20. The minimum Gasteiger partial charge on any atom is -0.353 e. The van der Waals surface area contributed by atoms with Crippen LogP contribution in [0.2, 0.25) is 0 Å². The van der Waals surface area contributed by atoms with Crippen LogP contribution in [0.1, 0.15) is 37.8 Å². The van der Waals surface area contributed by atoms with Crippen LogP contribution in [0.4, 0.5) is 5.13 Å². The van der Waals surface area contributed by atoms with Gasteiger partial charge in [-0.3, -0.25) is 9.78 Å². The van der Waals surface area contributed by atoms with Crippen LogP contribution >= 0.6 is 11.3 Å². The number of rotatable bonds is 5. The van der Waals surface area contributed by atoms with E-state index in [1.165, 1.54) is 19.3 Å². The normalized spacial score (nSPS) is 15.2. The molecule has 0 amide bonds. The molecule has 1 saturated carbocycles. The van der Waals surface area contributed by atoms with E-state index in [1.54, 1.807) is 11.3 Å². The summed E-state index contributed by atoms with van der Waals surface area (Å²) in [5.41, 5.74) is 1.91. The molecule has 1 fully saturated rings. The fourth-order valence-electron chi connectivity index (χ4n) is 3.68. The SMILES string of the molecule is CN(C)c1nnc(-c2ccc3cnc(CC(=O)C4CCCCC4)cc3c2)s1. The molecule has 27 heavy (non-hydrogen) atoms. The molecule has 140 valence electrons. The molecule has 1 aromatic carbocycles. The van der Waals surface area contributed by atoms with Gasteiger partial charge in [0.05, 0.1) is 0 Å². The first kappa shape index (κ1) is 18.0. The van der Waals surface area contributed by atoms with Crippen molar-refractivity contribution in [2.75, 3.05) is 19.0 Å². The third-order valence-corrected chi connectivity index (χ3v) is 6.38. The summed E-state index contributed by atoms with van der Waals surface area (Å²) in [5.74, 6) is 0.575. The smallest absolute Gasteiger partial charge is 0.208 e. The fourth-order valence-corrected chi connectivity index (χ4v) is 4.44. The second-order valence-electron chi connectivity index (χ2n) is 7.50. The first-order valence-corrected chi connectivity index (χ1v) is 10.3. The number of hydrogen-bond acceptors (Lipinski definition) is 6. The highest BCUT2D eigenvalue weighted by molar-refractivity contribution is 7.18. The molecule has 0 atom stereocenters. The van der Waals surface area contributed by atoms with Crippen molar-refractivity contribution in [1.82, 2.24) is 15.2 Å². The van der Waals surface area contributed by atoms with E-state index >= 15 is 0 Å². The van der Waals surface area contributed by atoms with Gasteiger partial charge in [-0.05, 0) is 30.4 Å². The van der Waals surface area contributed by atoms with E-state index in [1.807, 2.05) is 31.3 Å². The Kier molecular flexibility index (Phi) is 5.16. The molecule has 0 aliphatic heterocycles. The first-order valence-electron chi connectivity index (χ1n) is 9.53. The number of fused-ring (bicyclic) bond motifs is 1. The molecule has 6 heteroatoms. The van der Waals surface area contributed by atoms with Crippen LogP contribution in [0, 0.1) is 5.92 Å². The summed E-state index contributed by atoms with van der Waals surface area (Å²) in [6.45, 7) is 0. The Labute approximate surface area is 163 Å². The quantitative estimate of drug-likeness (QED) is 0.652. The summed E-state index contributed by atoms with van der Waals surface area (Å²) in [5, 5.41) is 12.5. The minimum absolute atomic E-state index is 0.230. The van der Waals surface area contributed by atoms with Crippen LogP contribution in [-0.2, 0) is 11.2 Å². The molecule has 2 aromatic heterocycles. The Bertz CT molecular complexity index is 960. The van der Waals surface area contributed by atoms with E-state index in [9.17, 15) is 4.79 Å². The van der Waals surface area contributed by atoms with E-state index in [-0.39, 0.29) is 5.92 Å². The van der Waals surface area contributed by atoms with Crippen LogP contribution in [0.15, 0.2) is 30.5 Å². The van der Waals surface area contributed by atoms with Crippen molar-refractivity contribution in [2.24, 2.45) is 5.92 Å². The number of Topliss-reactive ketones (excluding diaryl/α,β-unsaturated/α-hetero) is 1. The summed E-state index contributed by atoms with van der Waals surface area (Å²) in [7, 11) is 3.93. The van der Waals surface area contributed by atoms with Crippen LogP contribution < -0.4 is 4.90 Å². The number of carbonyl (C=O) groups excluding carboxylic acids is 1. The Balaban J connectivity index is 1.57. The summed E-state index contributed by atoms with van der Waals surface area (Å²) >= 11 is 1.57. The van der Waals surface area contributed by atoms with E-state index in [0.29, 0.717) is 12.2 Å². The molecule has 1 aliphatic carbocycles. The number of benzene rings is 1. The van der Waals surface area contributed by atoms with E-state index in [2.05, 4.69) is 33.4 Å². The number of pyridine rings is 1. The van der Waals surface area contributed by atoms with Gasteiger partial charge in [0.1, 0.15) is 10.8 Å². The number of carbonyl (C=O) groups is 1. The standard InChI is InChI=1S/C21H24N4OS/c1-25(2)21-24-23-20(27-21)15-8-9-16-13-22-18(11-17(16)10-15)12-19(26)14-6-4-3-5-7-14/h8-11,13-14H,3-7,12H2,1-2H3. The van der Waals surface area contributed by atoms with Gasteiger partial charge in [-0.1, -0.05) is 42.7 Å². The molecule has 1 aliphatic rings. The molecule has 0 N–H and O–H groups in total. The number of anilines is 1. The van der Waals surface area contributed by atoms with Crippen molar-refractivity contribution in [3.63, 3.8) is 0 Å². The Morgan fingerprint density at radius 3 is 2.67 bits per heavy atom. The van der Waals surface area contributed by atoms with Crippen molar-refractivity contribution in [3.8, 4) is 10.6 Å². The van der Waals surface area contributed by atoms with Gasteiger partial charge in [0, 0.05) is 49.3 Å². The third-order valence-electron chi connectivity index (χ3n) is 5.24. The monoisotopic (exact) mass is 380 g/mol. The van der Waals surface area contributed by atoms with Gasteiger partial charge < -0.3 is 4.90 Å². The van der Waals surface area contributed by atoms with Crippen molar-refractivity contribution >= 4 is 33.0 Å². The summed E-state index contributed by atoms with van der Waals surface area (Å²) in [6, 6.07) is 8.27. The van der Waals surface area contributed by atoms with Gasteiger partial charge in [-0.25, -0.2) is 0 Å². The van der Waals surface area contributed by atoms with Gasteiger partial charge in [-0.15, -0.1) is 10.2 Å².